The first kappa shape index (κ1) is 25.6. The topological polar surface area (TPSA) is 125 Å². The van der Waals surface area contributed by atoms with Crippen LogP contribution in [0.2, 0.25) is 5.02 Å². The van der Waals surface area contributed by atoms with Gasteiger partial charge in [0.25, 0.3) is 10.1 Å². The van der Waals surface area contributed by atoms with Crippen molar-refractivity contribution in [2.24, 2.45) is 0 Å². The van der Waals surface area contributed by atoms with E-state index >= 15 is 0 Å². The van der Waals surface area contributed by atoms with Crippen molar-refractivity contribution in [3.8, 4) is 17.2 Å². The predicted molar refractivity (Wildman–Crippen MR) is 128 cm³/mol. The number of nitrogens with zero attached hydrogens (tertiary/aromatic N) is 4. The molecule has 0 unspecified atom stereocenters. The average Bonchev–Trinajstić information content (AvgIpc) is 3.02. The van der Waals surface area contributed by atoms with Crippen LogP contribution in [-0.2, 0) is 32.1 Å². The molecule has 12 heteroatoms. The Bertz CT molecular complexity index is 1340. The minimum Gasteiger partial charge on any atom is -0.350 e. The molecule has 3 aromatic rings. The van der Waals surface area contributed by atoms with Crippen LogP contribution in [0.1, 0.15) is 26.3 Å². The third-order valence-corrected chi connectivity index (χ3v) is 5.31. The van der Waals surface area contributed by atoms with Crippen molar-refractivity contribution in [2.75, 3.05) is 12.9 Å². The van der Waals surface area contributed by atoms with Gasteiger partial charge in [-0.25, -0.2) is 9.78 Å². The molecular weight excluding hydrogens is 482 g/mol. The lowest BCUT2D eigenvalue weighted by Crippen LogP contribution is -2.43. The first-order valence-corrected chi connectivity index (χ1v) is 12.6. The number of hydrogen-bond donors (Lipinski definition) is 1. The molecule has 0 saturated heterocycles. The van der Waals surface area contributed by atoms with Crippen molar-refractivity contribution in [1.82, 2.24) is 24.6 Å². The first-order chi connectivity index (χ1) is 15.8. The van der Waals surface area contributed by atoms with Crippen LogP contribution in [0.5, 0.6) is 0 Å². The normalized spacial score (nSPS) is 12.0. The predicted octanol–water partition coefficient (Wildman–Crippen LogP) is 2.18. The Kier molecular flexibility index (Phi) is 7.59. The summed E-state index contributed by atoms with van der Waals surface area (Å²) in [5.41, 5.74) is 0.283. The second-order valence-corrected chi connectivity index (χ2v) is 10.8. The molecule has 1 aromatic carbocycles. The molecule has 0 atom stereocenters. The Morgan fingerprint density at radius 1 is 1.21 bits per heavy atom. The lowest BCUT2D eigenvalue weighted by atomic mass is 10.1. The standard InChI is InChI=1S/C22H26ClN5O5S/c1-22(2,3)25-19(29)14-27-20(16-6-5-7-17(23)12-16)26-28(21(27)30)18-9-8-15(13-24-18)10-11-33-34(4,31)32/h5-9,12-13H,10-11,14H2,1-4H3,(H,25,29). The molecule has 182 valence electrons. The quantitative estimate of drug-likeness (QED) is 0.463. The van der Waals surface area contributed by atoms with Crippen LogP contribution >= 0.6 is 11.6 Å². The van der Waals surface area contributed by atoms with Gasteiger partial charge in [0.1, 0.15) is 6.54 Å². The largest absolute Gasteiger partial charge is 0.352 e. The average molecular weight is 508 g/mol. The Hall–Kier alpha value is -3.02. The third-order valence-electron chi connectivity index (χ3n) is 4.48. The molecule has 0 fully saturated rings. The smallest absolute Gasteiger partial charge is 0.350 e. The van der Waals surface area contributed by atoms with Crippen LogP contribution in [0.3, 0.4) is 0 Å². The van der Waals surface area contributed by atoms with Gasteiger partial charge >= 0.3 is 5.69 Å². The number of hydrogen-bond acceptors (Lipinski definition) is 7. The van der Waals surface area contributed by atoms with Gasteiger partial charge in [0.15, 0.2) is 11.6 Å². The maximum atomic E-state index is 13.2. The summed E-state index contributed by atoms with van der Waals surface area (Å²) in [6.07, 6.45) is 2.82. The molecule has 1 N–H and O–H groups in total. The van der Waals surface area contributed by atoms with Crippen molar-refractivity contribution in [3.63, 3.8) is 0 Å². The number of benzene rings is 1. The van der Waals surface area contributed by atoms with Gasteiger partial charge in [-0.1, -0.05) is 29.8 Å². The zero-order valence-corrected chi connectivity index (χ0v) is 20.9. The number of rotatable bonds is 8. The molecule has 1 amide bonds. The summed E-state index contributed by atoms with van der Waals surface area (Å²) in [6, 6.07) is 10.1. The first-order valence-electron chi connectivity index (χ1n) is 10.4. The van der Waals surface area contributed by atoms with Gasteiger partial charge in [0.05, 0.1) is 12.9 Å². The Balaban J connectivity index is 1.95. The van der Waals surface area contributed by atoms with Crippen LogP contribution < -0.4 is 11.0 Å². The van der Waals surface area contributed by atoms with E-state index in [1.54, 1.807) is 36.4 Å². The minimum atomic E-state index is -3.52. The summed E-state index contributed by atoms with van der Waals surface area (Å²) < 4.78 is 29.3. The van der Waals surface area contributed by atoms with E-state index in [1.807, 2.05) is 20.8 Å². The highest BCUT2D eigenvalue weighted by Gasteiger charge is 2.21. The van der Waals surface area contributed by atoms with Gasteiger partial charge in [-0.3, -0.25) is 13.5 Å². The van der Waals surface area contributed by atoms with E-state index in [1.165, 1.54) is 10.8 Å². The van der Waals surface area contributed by atoms with Gasteiger partial charge in [-0.2, -0.15) is 13.1 Å². The molecule has 0 aliphatic carbocycles. The fraction of sp³-hybridized carbons (Fsp3) is 0.364. The molecule has 0 bridgehead atoms. The van der Waals surface area contributed by atoms with E-state index < -0.39 is 21.3 Å². The maximum Gasteiger partial charge on any atom is 0.352 e. The van der Waals surface area contributed by atoms with Crippen LogP contribution in [0, 0.1) is 0 Å². The van der Waals surface area contributed by atoms with Crippen molar-refractivity contribution < 1.29 is 17.4 Å². The van der Waals surface area contributed by atoms with E-state index in [0.29, 0.717) is 17.0 Å². The van der Waals surface area contributed by atoms with Gasteiger partial charge < -0.3 is 5.32 Å². The molecule has 0 radical (unpaired) electrons. The number of halogens is 1. The minimum absolute atomic E-state index is 0.0176. The molecule has 34 heavy (non-hydrogen) atoms. The molecule has 0 aliphatic rings. The second-order valence-electron chi connectivity index (χ2n) is 8.71. The third kappa shape index (κ3) is 6.99. The van der Waals surface area contributed by atoms with E-state index in [4.69, 9.17) is 15.8 Å². The van der Waals surface area contributed by atoms with Gasteiger partial charge in [0.2, 0.25) is 5.91 Å². The highest BCUT2D eigenvalue weighted by molar-refractivity contribution is 7.85. The number of aromatic nitrogens is 4. The van der Waals surface area contributed by atoms with Gasteiger partial charge in [0, 0.05) is 22.3 Å². The summed E-state index contributed by atoms with van der Waals surface area (Å²) in [6.45, 7) is 5.29. The van der Waals surface area contributed by atoms with Crippen LogP contribution in [-0.4, -0.2) is 52.1 Å². The molecule has 2 aromatic heterocycles. The van der Waals surface area contributed by atoms with Crippen LogP contribution in [0.4, 0.5) is 0 Å². The lowest BCUT2D eigenvalue weighted by molar-refractivity contribution is -0.123. The maximum absolute atomic E-state index is 13.2. The van der Waals surface area contributed by atoms with Crippen molar-refractivity contribution in [1.29, 1.82) is 0 Å². The molecule has 0 aliphatic heterocycles. The Labute approximate surface area is 202 Å². The zero-order valence-electron chi connectivity index (χ0n) is 19.3. The molecule has 2 heterocycles. The summed E-state index contributed by atoms with van der Waals surface area (Å²) in [5.74, 6) is 0.173. The molecule has 0 saturated carbocycles. The number of pyridine rings is 1. The van der Waals surface area contributed by atoms with E-state index in [2.05, 4.69) is 15.4 Å². The second kappa shape index (κ2) is 10.1. The van der Waals surface area contributed by atoms with Crippen molar-refractivity contribution in [3.05, 3.63) is 63.7 Å². The van der Waals surface area contributed by atoms with E-state index in [0.717, 1.165) is 16.5 Å². The summed E-state index contributed by atoms with van der Waals surface area (Å²) in [7, 11) is -3.52. The van der Waals surface area contributed by atoms with E-state index in [-0.39, 0.29) is 30.7 Å². The Morgan fingerprint density at radius 3 is 2.53 bits per heavy atom. The Morgan fingerprint density at radius 2 is 1.94 bits per heavy atom. The van der Waals surface area contributed by atoms with Crippen LogP contribution in [0.15, 0.2) is 47.4 Å². The van der Waals surface area contributed by atoms with Gasteiger partial charge in [-0.05, 0) is 51.0 Å². The van der Waals surface area contributed by atoms with Crippen molar-refractivity contribution in [2.45, 2.75) is 39.3 Å². The summed E-state index contributed by atoms with van der Waals surface area (Å²) in [4.78, 5) is 30.1. The molecular formula is C22H26ClN5O5S. The number of carbonyl (C=O) groups excluding carboxylic acids is 1. The molecule has 0 spiro atoms. The highest BCUT2D eigenvalue weighted by atomic mass is 35.5. The molecule has 10 nitrogen and oxygen atoms in total. The lowest BCUT2D eigenvalue weighted by Gasteiger charge is -2.20. The van der Waals surface area contributed by atoms with Crippen LogP contribution in [0.25, 0.3) is 17.2 Å². The summed E-state index contributed by atoms with van der Waals surface area (Å²) >= 11 is 6.13. The van der Waals surface area contributed by atoms with Gasteiger partial charge in [-0.15, -0.1) is 5.10 Å². The molecule has 3 rings (SSSR count). The number of carbonyl (C=O) groups is 1. The zero-order chi connectivity index (χ0) is 25.1. The number of nitrogens with one attached hydrogen (secondary N) is 1. The monoisotopic (exact) mass is 507 g/mol. The van der Waals surface area contributed by atoms with Crippen molar-refractivity contribution >= 4 is 27.6 Å². The highest BCUT2D eigenvalue weighted by Crippen LogP contribution is 2.21. The fourth-order valence-corrected chi connectivity index (χ4v) is 3.71. The van der Waals surface area contributed by atoms with E-state index in [9.17, 15) is 18.0 Å². The SMILES string of the molecule is CC(C)(C)NC(=O)Cn1c(-c2cccc(Cl)c2)nn(-c2ccc(CCOS(C)(=O)=O)cn2)c1=O. The number of amides is 1. The summed E-state index contributed by atoms with van der Waals surface area (Å²) in [5, 5.41) is 7.73. The fourth-order valence-electron chi connectivity index (χ4n) is 3.13.